The number of nitrogens with zero attached hydrogens (tertiary/aromatic N) is 4. The zero-order valence-corrected chi connectivity index (χ0v) is 17.4. The van der Waals surface area contributed by atoms with Crippen molar-refractivity contribution in [1.29, 1.82) is 15.8 Å². The second-order valence-corrected chi connectivity index (χ2v) is 6.77. The molecule has 1 atom stereocenters. The molecular formula is C18H31N4O4P. The van der Waals surface area contributed by atoms with Crippen LogP contribution >= 0.6 is 8.58 Å². The molecule has 8 nitrogen and oxygen atoms in total. The molecule has 9 heteroatoms. The van der Waals surface area contributed by atoms with Crippen molar-refractivity contribution < 1.29 is 14.2 Å². The van der Waals surface area contributed by atoms with E-state index >= 15 is 0 Å². The summed E-state index contributed by atoms with van der Waals surface area (Å²) in [5.41, 5.74) is -0.429. The first kappa shape index (κ1) is 27.6. The predicted molar refractivity (Wildman–Crippen MR) is 106 cm³/mol. The van der Waals surface area contributed by atoms with Gasteiger partial charge in [0.25, 0.3) is 0 Å². The van der Waals surface area contributed by atoms with Crippen LogP contribution in [-0.2, 0) is 14.2 Å². The molecule has 0 saturated carbocycles. The molecule has 0 aromatic carbocycles. The highest BCUT2D eigenvalue weighted by atomic mass is 31.1. The van der Waals surface area contributed by atoms with Gasteiger partial charge in [0.15, 0.2) is 0 Å². The zero-order chi connectivity index (χ0) is 20.6. The number of nitriles is 3. The van der Waals surface area contributed by atoms with E-state index < -0.39 is 5.41 Å². The van der Waals surface area contributed by atoms with Gasteiger partial charge in [-0.25, -0.2) is 0 Å². The summed E-state index contributed by atoms with van der Waals surface area (Å²) in [7, 11) is 0.549. The van der Waals surface area contributed by atoms with Crippen molar-refractivity contribution in [3.63, 3.8) is 0 Å². The molecule has 0 aliphatic rings. The van der Waals surface area contributed by atoms with E-state index in [9.17, 15) is 4.91 Å². The van der Waals surface area contributed by atoms with Crippen LogP contribution in [0, 0.1) is 44.3 Å². The lowest BCUT2D eigenvalue weighted by atomic mass is 9.93. The van der Waals surface area contributed by atoms with Crippen LogP contribution < -0.4 is 0 Å². The van der Waals surface area contributed by atoms with Crippen LogP contribution in [0.2, 0.25) is 0 Å². The van der Waals surface area contributed by atoms with Crippen molar-refractivity contribution >= 4 is 8.58 Å². The van der Waals surface area contributed by atoms with Crippen LogP contribution in [0.15, 0.2) is 5.18 Å². The first-order valence-electron chi connectivity index (χ1n) is 9.08. The van der Waals surface area contributed by atoms with Gasteiger partial charge in [-0.2, -0.15) is 20.7 Å². The number of hydrogen-bond donors (Lipinski definition) is 0. The Hall–Kier alpha value is -1.62. The maximum Gasteiger partial charge on any atom is 0.104 e. The lowest BCUT2D eigenvalue weighted by Crippen LogP contribution is -2.40. The van der Waals surface area contributed by atoms with Crippen molar-refractivity contribution in [3.05, 3.63) is 4.91 Å². The molecule has 1 unspecified atom stereocenters. The van der Waals surface area contributed by atoms with Gasteiger partial charge < -0.3 is 14.2 Å². The third kappa shape index (κ3) is 17.5. The molecule has 0 N–H and O–H groups in total. The second-order valence-electron chi connectivity index (χ2n) is 5.41. The molecule has 0 saturated heterocycles. The molecule has 0 aliphatic heterocycles. The molecule has 0 aliphatic carbocycles. The third-order valence-electron chi connectivity index (χ3n) is 3.18. The summed E-state index contributed by atoms with van der Waals surface area (Å²) in [6.45, 7) is 6.01. The summed E-state index contributed by atoms with van der Waals surface area (Å²) in [5.74, 6) is 0. The summed E-state index contributed by atoms with van der Waals surface area (Å²) in [6, 6.07) is 6.19. The van der Waals surface area contributed by atoms with Gasteiger partial charge in [-0.15, -0.1) is 8.58 Å². The lowest BCUT2D eigenvalue weighted by molar-refractivity contribution is -0.0547. The van der Waals surface area contributed by atoms with E-state index in [4.69, 9.17) is 30.0 Å². The van der Waals surface area contributed by atoms with Gasteiger partial charge in [-0.1, -0.05) is 19.0 Å². The van der Waals surface area contributed by atoms with Crippen LogP contribution in [0.3, 0.4) is 0 Å². The van der Waals surface area contributed by atoms with Crippen molar-refractivity contribution in [2.45, 2.75) is 33.1 Å². The fraction of sp³-hybridized carbons (Fsp3) is 0.833. The molecule has 0 heterocycles. The van der Waals surface area contributed by atoms with E-state index in [1.165, 1.54) is 0 Å². The quantitative estimate of drug-likeness (QED) is 0.209. The van der Waals surface area contributed by atoms with Crippen LogP contribution in [0.25, 0.3) is 0 Å². The van der Waals surface area contributed by atoms with Gasteiger partial charge in [0.2, 0.25) is 0 Å². The Balaban J connectivity index is 0. The minimum Gasteiger partial charge on any atom is -0.380 e. The smallest absolute Gasteiger partial charge is 0.104 e. The molecule has 0 amide bonds. The van der Waals surface area contributed by atoms with Gasteiger partial charge in [0, 0.05) is 11.8 Å². The van der Waals surface area contributed by atoms with Gasteiger partial charge in [0.1, 0.15) is 6.54 Å². The summed E-state index contributed by atoms with van der Waals surface area (Å²) >= 11 is 0. The Bertz CT molecular complexity index is 416. The molecule has 27 heavy (non-hydrogen) atoms. The van der Waals surface area contributed by atoms with Gasteiger partial charge >= 0.3 is 0 Å². The Kier molecular flexibility index (Phi) is 22.9. The van der Waals surface area contributed by atoms with E-state index in [0.717, 1.165) is 12.3 Å². The summed E-state index contributed by atoms with van der Waals surface area (Å²) in [5, 5.41) is 28.7. The van der Waals surface area contributed by atoms with E-state index in [-0.39, 0.29) is 13.2 Å². The Labute approximate surface area is 164 Å². The van der Waals surface area contributed by atoms with Gasteiger partial charge in [-0.3, -0.25) is 0 Å². The molecule has 152 valence electrons. The minimum atomic E-state index is -0.429. The Morgan fingerprint density at radius 1 is 0.852 bits per heavy atom. The summed E-state index contributed by atoms with van der Waals surface area (Å²) in [6.07, 6.45) is 2.65. The number of nitroso groups, excluding NO2 is 1. The van der Waals surface area contributed by atoms with E-state index in [2.05, 4.69) is 11.2 Å². The molecule has 0 aromatic rings. The van der Waals surface area contributed by atoms with Crippen molar-refractivity contribution in [3.8, 4) is 18.2 Å². The minimum absolute atomic E-state index is 0.0807. The molecule has 0 rings (SSSR count). The topological polar surface area (TPSA) is 128 Å². The number of hydrogen-bond acceptors (Lipinski definition) is 8. The van der Waals surface area contributed by atoms with E-state index in [1.807, 2.05) is 26.0 Å². The maximum absolute atomic E-state index is 10.2. The molecule has 0 bridgehead atoms. The zero-order valence-electron chi connectivity index (χ0n) is 16.4. The monoisotopic (exact) mass is 398 g/mol. The Morgan fingerprint density at radius 3 is 1.78 bits per heavy atom. The summed E-state index contributed by atoms with van der Waals surface area (Å²) < 4.78 is 16.8. The van der Waals surface area contributed by atoms with Crippen LogP contribution in [-0.4, -0.2) is 58.5 Å². The van der Waals surface area contributed by atoms with Gasteiger partial charge in [0.05, 0.1) is 70.7 Å². The fourth-order valence-corrected chi connectivity index (χ4v) is 3.28. The largest absolute Gasteiger partial charge is 0.380 e. The molecule has 0 fully saturated rings. The molecule has 0 spiro atoms. The van der Waals surface area contributed by atoms with Gasteiger partial charge in [-0.05, 0) is 12.3 Å². The normalized spacial score (nSPS) is 10.5. The average Bonchev–Trinajstić information content (AvgIpc) is 2.71. The third-order valence-corrected chi connectivity index (χ3v) is 4.79. The lowest BCUT2D eigenvalue weighted by Gasteiger charge is -2.33. The predicted octanol–water partition coefficient (Wildman–Crippen LogP) is 3.23. The van der Waals surface area contributed by atoms with E-state index in [1.54, 1.807) is 0 Å². The van der Waals surface area contributed by atoms with Crippen molar-refractivity contribution in [2.24, 2.45) is 10.6 Å². The SMILES string of the molecule is CC.N#CCCOCC(COCCC#N)(COCCN=O)CPCCC#N. The highest BCUT2D eigenvalue weighted by molar-refractivity contribution is 7.38. The first-order chi connectivity index (χ1) is 13.2. The van der Waals surface area contributed by atoms with Crippen LogP contribution in [0.5, 0.6) is 0 Å². The highest BCUT2D eigenvalue weighted by Crippen LogP contribution is 2.29. The average molecular weight is 398 g/mol. The fourth-order valence-electron chi connectivity index (χ4n) is 1.98. The Morgan fingerprint density at radius 2 is 1.33 bits per heavy atom. The van der Waals surface area contributed by atoms with E-state index in [0.29, 0.717) is 60.9 Å². The first-order valence-corrected chi connectivity index (χ1v) is 10.5. The molecule has 0 radical (unpaired) electrons. The van der Waals surface area contributed by atoms with Crippen molar-refractivity contribution in [1.82, 2.24) is 0 Å². The number of ether oxygens (including phenoxy) is 3. The second kappa shape index (κ2) is 22.4. The molecular weight excluding hydrogens is 367 g/mol. The van der Waals surface area contributed by atoms with Crippen molar-refractivity contribution in [2.75, 3.05) is 58.5 Å². The number of rotatable bonds is 17. The van der Waals surface area contributed by atoms with Crippen LogP contribution in [0.1, 0.15) is 33.1 Å². The summed E-state index contributed by atoms with van der Waals surface area (Å²) in [4.78, 5) is 10.2. The highest BCUT2D eigenvalue weighted by Gasteiger charge is 2.31. The molecule has 0 aromatic heterocycles. The maximum atomic E-state index is 10.2. The standard InChI is InChI=1S/C16H25N4O4P.C2H6/c17-4-1-8-22-12-16(13-23-9-2-5-18,14-24-10-7-20-21)15-25-11-3-6-19;1-2/h25H,1-3,7-15H2;1-2H3. The van der Waals surface area contributed by atoms with Crippen LogP contribution in [0.4, 0.5) is 0 Å².